The van der Waals surface area contributed by atoms with E-state index in [1.165, 1.54) is 18.9 Å². The minimum atomic E-state index is -0.440. The molecule has 1 aliphatic rings. The van der Waals surface area contributed by atoms with Gasteiger partial charge < -0.3 is 4.74 Å². The molecule has 0 atom stereocenters. The standard InChI is InChI=1S/C12H12BrNO3/c13-10-5-6-12(11(8-10)14(15)16)17-7-1-2-9-3-4-9/h1-2,5-6,8-9H,3-4,7H2/b2-1+. The van der Waals surface area contributed by atoms with Crippen molar-refractivity contribution >= 4 is 21.6 Å². The molecule has 1 fully saturated rings. The first-order chi connectivity index (χ1) is 8.16. The number of allylic oxidation sites excluding steroid dienone is 1. The highest BCUT2D eigenvalue weighted by Gasteiger charge is 2.17. The fraction of sp³-hybridized carbons (Fsp3) is 0.333. The SMILES string of the molecule is O=[N+]([O-])c1cc(Br)ccc1OC/C=C/C1CC1. The third-order valence-corrected chi connectivity index (χ3v) is 2.98. The first kappa shape index (κ1) is 12.1. The Morgan fingerprint density at radius 1 is 1.53 bits per heavy atom. The zero-order valence-electron chi connectivity index (χ0n) is 9.14. The summed E-state index contributed by atoms with van der Waals surface area (Å²) in [6.07, 6.45) is 6.51. The highest BCUT2D eigenvalue weighted by Crippen LogP contribution is 2.31. The molecule has 0 radical (unpaired) electrons. The van der Waals surface area contributed by atoms with E-state index in [4.69, 9.17) is 4.74 Å². The molecule has 0 spiro atoms. The van der Waals surface area contributed by atoms with Gasteiger partial charge >= 0.3 is 5.69 Å². The molecule has 0 unspecified atom stereocenters. The van der Waals surface area contributed by atoms with Crippen molar-refractivity contribution in [2.75, 3.05) is 6.61 Å². The van der Waals surface area contributed by atoms with Crippen LogP contribution in [-0.4, -0.2) is 11.5 Å². The van der Waals surface area contributed by atoms with Crippen molar-refractivity contribution in [3.63, 3.8) is 0 Å². The summed E-state index contributed by atoms with van der Waals surface area (Å²) in [6.45, 7) is 0.374. The van der Waals surface area contributed by atoms with E-state index in [0.717, 1.165) is 0 Å². The van der Waals surface area contributed by atoms with E-state index < -0.39 is 4.92 Å². The summed E-state index contributed by atoms with van der Waals surface area (Å²) in [5.74, 6) is 0.997. The molecule has 1 saturated carbocycles. The van der Waals surface area contributed by atoms with Gasteiger partial charge in [-0.2, -0.15) is 0 Å². The third kappa shape index (κ3) is 3.56. The van der Waals surface area contributed by atoms with Gasteiger partial charge in [0.25, 0.3) is 0 Å². The summed E-state index contributed by atoms with van der Waals surface area (Å²) < 4.78 is 6.05. The Balaban J connectivity index is 2.00. The molecular formula is C12H12BrNO3. The Morgan fingerprint density at radius 3 is 2.94 bits per heavy atom. The van der Waals surface area contributed by atoms with E-state index in [1.54, 1.807) is 12.1 Å². The lowest BCUT2D eigenvalue weighted by Gasteiger charge is -2.04. The molecule has 0 bridgehead atoms. The molecular weight excluding hydrogens is 286 g/mol. The molecule has 5 heteroatoms. The Bertz CT molecular complexity index is 455. The van der Waals surface area contributed by atoms with Crippen molar-refractivity contribution in [1.29, 1.82) is 0 Å². The highest BCUT2D eigenvalue weighted by atomic mass is 79.9. The van der Waals surface area contributed by atoms with Gasteiger partial charge in [0.1, 0.15) is 6.61 Å². The summed E-state index contributed by atoms with van der Waals surface area (Å²) >= 11 is 3.20. The molecule has 1 aromatic rings. The number of ether oxygens (including phenoxy) is 1. The van der Waals surface area contributed by atoms with Gasteiger partial charge in [0.2, 0.25) is 0 Å². The van der Waals surface area contributed by atoms with Crippen LogP contribution in [0.15, 0.2) is 34.8 Å². The van der Waals surface area contributed by atoms with Gasteiger partial charge in [-0.1, -0.05) is 28.1 Å². The number of nitro benzene ring substituents is 1. The molecule has 1 aromatic carbocycles. The van der Waals surface area contributed by atoms with Gasteiger partial charge in [-0.05, 0) is 30.9 Å². The quantitative estimate of drug-likeness (QED) is 0.473. The molecule has 0 heterocycles. The molecule has 0 amide bonds. The van der Waals surface area contributed by atoms with Crippen LogP contribution < -0.4 is 4.74 Å². The molecule has 0 saturated heterocycles. The maximum Gasteiger partial charge on any atom is 0.312 e. The van der Waals surface area contributed by atoms with Crippen LogP contribution in [0.1, 0.15) is 12.8 Å². The maximum atomic E-state index is 10.8. The number of nitrogens with zero attached hydrogens (tertiary/aromatic N) is 1. The van der Waals surface area contributed by atoms with Gasteiger partial charge in [0, 0.05) is 10.5 Å². The molecule has 2 rings (SSSR count). The number of benzene rings is 1. The van der Waals surface area contributed by atoms with Crippen molar-refractivity contribution in [1.82, 2.24) is 0 Å². The number of nitro groups is 1. The lowest BCUT2D eigenvalue weighted by molar-refractivity contribution is -0.385. The van der Waals surface area contributed by atoms with Crippen LogP contribution >= 0.6 is 15.9 Å². The Kier molecular flexibility index (Phi) is 3.78. The fourth-order valence-corrected chi connectivity index (χ4v) is 1.78. The third-order valence-electron chi connectivity index (χ3n) is 2.48. The van der Waals surface area contributed by atoms with E-state index in [9.17, 15) is 10.1 Å². The van der Waals surface area contributed by atoms with Gasteiger partial charge in [-0.3, -0.25) is 10.1 Å². The number of hydrogen-bond donors (Lipinski definition) is 0. The van der Waals surface area contributed by atoms with E-state index >= 15 is 0 Å². The highest BCUT2D eigenvalue weighted by molar-refractivity contribution is 9.10. The van der Waals surface area contributed by atoms with Crippen molar-refractivity contribution in [3.05, 3.63) is 44.9 Å². The average Bonchev–Trinajstić information content (AvgIpc) is 3.09. The van der Waals surface area contributed by atoms with Crippen molar-refractivity contribution in [3.8, 4) is 5.75 Å². The lowest BCUT2D eigenvalue weighted by atomic mass is 10.3. The largest absolute Gasteiger partial charge is 0.483 e. The predicted octanol–water partition coefficient (Wildman–Crippen LogP) is 3.70. The minimum absolute atomic E-state index is 0.0146. The number of hydrogen-bond acceptors (Lipinski definition) is 3. The summed E-state index contributed by atoms with van der Waals surface area (Å²) in [5.41, 5.74) is -0.0146. The second kappa shape index (κ2) is 5.31. The summed E-state index contributed by atoms with van der Waals surface area (Å²) in [5, 5.41) is 10.8. The van der Waals surface area contributed by atoms with Crippen molar-refractivity contribution < 1.29 is 9.66 Å². The lowest BCUT2D eigenvalue weighted by Crippen LogP contribution is -1.98. The first-order valence-electron chi connectivity index (χ1n) is 5.40. The molecule has 17 heavy (non-hydrogen) atoms. The Labute approximate surface area is 108 Å². The van der Waals surface area contributed by atoms with Crippen LogP contribution in [0.3, 0.4) is 0 Å². The summed E-state index contributed by atoms with van der Waals surface area (Å²) in [7, 11) is 0. The van der Waals surface area contributed by atoms with Gasteiger partial charge in [-0.15, -0.1) is 0 Å². The van der Waals surface area contributed by atoms with Crippen molar-refractivity contribution in [2.24, 2.45) is 5.92 Å². The average molecular weight is 298 g/mol. The molecule has 0 N–H and O–H groups in total. The molecule has 90 valence electrons. The van der Waals surface area contributed by atoms with Crippen LogP contribution in [0, 0.1) is 16.0 Å². The molecule has 1 aliphatic carbocycles. The number of halogens is 1. The van der Waals surface area contributed by atoms with Crippen LogP contribution in [-0.2, 0) is 0 Å². The normalized spacial score (nSPS) is 15.1. The summed E-state index contributed by atoms with van der Waals surface area (Å²) in [6, 6.07) is 4.78. The first-order valence-corrected chi connectivity index (χ1v) is 6.19. The van der Waals surface area contributed by atoms with Gasteiger partial charge in [0.15, 0.2) is 5.75 Å². The van der Waals surface area contributed by atoms with Crippen molar-refractivity contribution in [2.45, 2.75) is 12.8 Å². The van der Waals surface area contributed by atoms with E-state index in [1.807, 2.05) is 6.08 Å². The zero-order chi connectivity index (χ0) is 12.3. The molecule has 4 nitrogen and oxygen atoms in total. The van der Waals surface area contributed by atoms with E-state index in [-0.39, 0.29) is 5.69 Å². The van der Waals surface area contributed by atoms with Crippen LogP contribution in [0.5, 0.6) is 5.75 Å². The fourth-order valence-electron chi connectivity index (χ4n) is 1.43. The van der Waals surface area contributed by atoms with E-state index in [2.05, 4.69) is 22.0 Å². The van der Waals surface area contributed by atoms with E-state index in [0.29, 0.717) is 22.7 Å². The van der Waals surface area contributed by atoms with Gasteiger partial charge in [0.05, 0.1) is 4.92 Å². The van der Waals surface area contributed by atoms with Crippen LogP contribution in [0.25, 0.3) is 0 Å². The smallest absolute Gasteiger partial charge is 0.312 e. The van der Waals surface area contributed by atoms with Gasteiger partial charge in [-0.25, -0.2) is 0 Å². The van der Waals surface area contributed by atoms with Crippen LogP contribution in [0.4, 0.5) is 5.69 Å². The predicted molar refractivity (Wildman–Crippen MR) is 68.2 cm³/mol. The Morgan fingerprint density at radius 2 is 2.29 bits per heavy atom. The second-order valence-corrected chi connectivity index (χ2v) is 4.86. The summed E-state index contributed by atoms with van der Waals surface area (Å²) in [4.78, 5) is 10.4. The second-order valence-electron chi connectivity index (χ2n) is 3.95. The minimum Gasteiger partial charge on any atom is -0.483 e. The number of rotatable bonds is 5. The monoisotopic (exact) mass is 297 g/mol. The topological polar surface area (TPSA) is 52.4 Å². The van der Waals surface area contributed by atoms with Crippen LogP contribution in [0.2, 0.25) is 0 Å². The maximum absolute atomic E-state index is 10.8. The Hall–Kier alpha value is -1.36. The zero-order valence-corrected chi connectivity index (χ0v) is 10.7. The molecule has 0 aliphatic heterocycles. The molecule has 0 aromatic heterocycles.